The minimum atomic E-state index is -0.642. The fourth-order valence-electron chi connectivity index (χ4n) is 1.34. The van der Waals surface area contributed by atoms with Crippen molar-refractivity contribution < 1.29 is 9.72 Å². The molecule has 0 aliphatic heterocycles. The molecule has 7 heteroatoms. The molecule has 0 aliphatic rings. The Morgan fingerprint density at radius 1 is 1.53 bits per heavy atom. The maximum atomic E-state index is 12.0. The Balaban J connectivity index is 2.95. The van der Waals surface area contributed by atoms with Crippen molar-refractivity contribution in [3.63, 3.8) is 0 Å². The molecular weight excluding hydrogens is 288 g/mol. The average Bonchev–Trinajstić information content (AvgIpc) is 2.35. The number of hydrogen-bond donors (Lipinski definition) is 1. The summed E-state index contributed by atoms with van der Waals surface area (Å²) in [4.78, 5) is 22.3. The number of nitrogens with one attached hydrogen (secondary N) is 1. The van der Waals surface area contributed by atoms with Gasteiger partial charge in [0.2, 0.25) is 0 Å². The molecule has 0 atom stereocenters. The molecule has 1 N–H and O–H groups in total. The maximum Gasteiger partial charge on any atom is 0.300 e. The molecule has 0 saturated heterocycles. The molecule has 0 fully saturated rings. The molecule has 0 saturated carbocycles. The Labute approximate surface area is 120 Å². The second kappa shape index (κ2) is 6.25. The zero-order valence-electron chi connectivity index (χ0n) is 10.9. The summed E-state index contributed by atoms with van der Waals surface area (Å²) in [7, 11) is 0. The van der Waals surface area contributed by atoms with E-state index in [1.165, 1.54) is 18.2 Å². The number of nitro benzene ring substituents is 1. The molecule has 0 unspecified atom stereocenters. The third-order valence-electron chi connectivity index (χ3n) is 2.64. The second-order valence-corrected chi connectivity index (χ2v) is 6.46. The Kier molecular flexibility index (Phi) is 5.20. The van der Waals surface area contributed by atoms with Crippen LogP contribution < -0.4 is 5.32 Å². The smallest absolute Gasteiger partial charge is 0.300 e. The highest BCUT2D eigenvalue weighted by atomic mass is 35.5. The van der Waals surface area contributed by atoms with Crippen LogP contribution in [0.5, 0.6) is 0 Å². The SMILES string of the molecule is CSC(C)(C)CNC(=O)c1cccc(Cl)c1[N+](=O)[O-]. The van der Waals surface area contributed by atoms with Crippen molar-refractivity contribution in [3.05, 3.63) is 38.9 Å². The van der Waals surface area contributed by atoms with Gasteiger partial charge in [-0.25, -0.2) is 0 Å². The quantitative estimate of drug-likeness (QED) is 0.670. The summed E-state index contributed by atoms with van der Waals surface area (Å²) in [5.41, 5.74) is -0.377. The van der Waals surface area contributed by atoms with Gasteiger partial charge in [0.05, 0.1) is 4.92 Å². The van der Waals surface area contributed by atoms with Gasteiger partial charge in [0.25, 0.3) is 5.91 Å². The lowest BCUT2D eigenvalue weighted by molar-refractivity contribution is -0.385. The van der Waals surface area contributed by atoms with Gasteiger partial charge >= 0.3 is 5.69 Å². The topological polar surface area (TPSA) is 72.2 Å². The van der Waals surface area contributed by atoms with Crippen LogP contribution in [0.3, 0.4) is 0 Å². The Bertz CT molecular complexity index is 506. The highest BCUT2D eigenvalue weighted by Crippen LogP contribution is 2.28. The van der Waals surface area contributed by atoms with Gasteiger partial charge in [0.15, 0.2) is 0 Å². The maximum absolute atomic E-state index is 12.0. The van der Waals surface area contributed by atoms with E-state index in [1.807, 2.05) is 20.1 Å². The van der Waals surface area contributed by atoms with Crippen molar-refractivity contribution >= 4 is 35.0 Å². The highest BCUT2D eigenvalue weighted by molar-refractivity contribution is 7.99. The van der Waals surface area contributed by atoms with E-state index in [2.05, 4.69) is 5.32 Å². The summed E-state index contributed by atoms with van der Waals surface area (Å²) in [5, 5.41) is 13.6. The number of hydrogen-bond acceptors (Lipinski definition) is 4. The molecule has 0 aliphatic carbocycles. The molecule has 1 aromatic carbocycles. The first-order valence-corrected chi connectivity index (χ1v) is 7.15. The third kappa shape index (κ3) is 4.11. The van der Waals surface area contributed by atoms with Crippen LogP contribution in [-0.2, 0) is 0 Å². The van der Waals surface area contributed by atoms with E-state index in [0.717, 1.165) is 0 Å². The Morgan fingerprint density at radius 3 is 2.68 bits per heavy atom. The molecular formula is C12H15ClN2O3S. The van der Waals surface area contributed by atoms with Gasteiger partial charge in [0, 0.05) is 11.3 Å². The van der Waals surface area contributed by atoms with E-state index in [0.29, 0.717) is 6.54 Å². The Morgan fingerprint density at radius 2 is 2.16 bits per heavy atom. The summed E-state index contributed by atoms with van der Waals surface area (Å²) < 4.78 is -0.136. The molecule has 0 radical (unpaired) electrons. The summed E-state index contributed by atoms with van der Waals surface area (Å²) in [6.45, 7) is 4.37. The van der Waals surface area contributed by atoms with Crippen LogP contribution in [0.25, 0.3) is 0 Å². The molecule has 0 bridgehead atoms. The van der Waals surface area contributed by atoms with Gasteiger partial charge in [-0.15, -0.1) is 0 Å². The fourth-order valence-corrected chi connectivity index (χ4v) is 1.80. The van der Waals surface area contributed by atoms with E-state index < -0.39 is 10.8 Å². The van der Waals surface area contributed by atoms with Gasteiger partial charge in [-0.2, -0.15) is 11.8 Å². The number of nitro groups is 1. The first-order chi connectivity index (χ1) is 8.78. The van der Waals surface area contributed by atoms with Crippen LogP contribution >= 0.6 is 23.4 Å². The Hall–Kier alpha value is -1.27. The van der Waals surface area contributed by atoms with Gasteiger partial charge in [0.1, 0.15) is 10.6 Å². The van der Waals surface area contributed by atoms with Crippen molar-refractivity contribution in [3.8, 4) is 0 Å². The molecule has 1 aromatic rings. The summed E-state index contributed by atoms with van der Waals surface area (Å²) in [6, 6.07) is 4.30. The number of carbonyl (C=O) groups excluding carboxylic acids is 1. The van der Waals surface area contributed by atoms with E-state index in [-0.39, 0.29) is 21.0 Å². The number of benzene rings is 1. The van der Waals surface area contributed by atoms with Crippen molar-refractivity contribution in [1.29, 1.82) is 0 Å². The normalized spacial score (nSPS) is 11.2. The molecule has 1 amide bonds. The molecule has 0 aromatic heterocycles. The van der Waals surface area contributed by atoms with Crippen LogP contribution in [0.1, 0.15) is 24.2 Å². The number of nitrogens with zero attached hydrogens (tertiary/aromatic N) is 1. The predicted molar refractivity (Wildman–Crippen MR) is 78.0 cm³/mol. The molecule has 1 rings (SSSR count). The minimum absolute atomic E-state index is 0.0191. The average molecular weight is 303 g/mol. The number of halogens is 1. The summed E-state index contributed by atoms with van der Waals surface area (Å²) in [6.07, 6.45) is 1.94. The lowest BCUT2D eigenvalue weighted by atomic mass is 10.1. The fraction of sp³-hybridized carbons (Fsp3) is 0.417. The predicted octanol–water partition coefficient (Wildman–Crippen LogP) is 3.12. The zero-order chi connectivity index (χ0) is 14.6. The van der Waals surface area contributed by atoms with Crippen molar-refractivity contribution in [2.45, 2.75) is 18.6 Å². The van der Waals surface area contributed by atoms with Crippen molar-refractivity contribution in [1.82, 2.24) is 5.32 Å². The standard InChI is InChI=1S/C12H15ClN2O3S/c1-12(2,19-3)7-14-11(16)8-5-4-6-9(13)10(8)15(17)18/h4-6H,7H2,1-3H3,(H,14,16). The number of carbonyl (C=O) groups is 1. The highest BCUT2D eigenvalue weighted by Gasteiger charge is 2.25. The van der Waals surface area contributed by atoms with Gasteiger partial charge in [-0.3, -0.25) is 14.9 Å². The monoisotopic (exact) mass is 302 g/mol. The van der Waals surface area contributed by atoms with Crippen LogP contribution in [0.15, 0.2) is 18.2 Å². The second-order valence-electron chi connectivity index (χ2n) is 4.54. The van der Waals surface area contributed by atoms with Gasteiger partial charge in [-0.1, -0.05) is 17.7 Å². The van der Waals surface area contributed by atoms with E-state index in [1.54, 1.807) is 11.8 Å². The van der Waals surface area contributed by atoms with Crippen molar-refractivity contribution in [2.75, 3.05) is 12.8 Å². The lowest BCUT2D eigenvalue weighted by Gasteiger charge is -2.22. The summed E-state index contributed by atoms with van der Waals surface area (Å²) >= 11 is 7.36. The number of thioether (sulfide) groups is 1. The third-order valence-corrected chi connectivity index (χ3v) is 4.20. The zero-order valence-corrected chi connectivity index (χ0v) is 12.5. The lowest BCUT2D eigenvalue weighted by Crippen LogP contribution is -2.36. The van der Waals surface area contributed by atoms with Crippen LogP contribution in [-0.4, -0.2) is 28.4 Å². The molecule has 19 heavy (non-hydrogen) atoms. The molecule has 0 heterocycles. The van der Waals surface area contributed by atoms with E-state index in [9.17, 15) is 14.9 Å². The van der Waals surface area contributed by atoms with Crippen LogP contribution in [0.2, 0.25) is 5.02 Å². The van der Waals surface area contributed by atoms with E-state index >= 15 is 0 Å². The molecule has 0 spiro atoms. The summed E-state index contributed by atoms with van der Waals surface area (Å²) in [5.74, 6) is -0.490. The number of amides is 1. The molecule has 104 valence electrons. The van der Waals surface area contributed by atoms with Crippen molar-refractivity contribution in [2.24, 2.45) is 0 Å². The van der Waals surface area contributed by atoms with Crippen LogP contribution in [0, 0.1) is 10.1 Å². The van der Waals surface area contributed by atoms with Gasteiger partial charge < -0.3 is 5.32 Å². The number of rotatable bonds is 5. The van der Waals surface area contributed by atoms with Crippen LogP contribution in [0.4, 0.5) is 5.69 Å². The first kappa shape index (κ1) is 15.8. The minimum Gasteiger partial charge on any atom is -0.350 e. The van der Waals surface area contributed by atoms with E-state index in [4.69, 9.17) is 11.6 Å². The first-order valence-electron chi connectivity index (χ1n) is 5.55. The van der Waals surface area contributed by atoms with Gasteiger partial charge in [-0.05, 0) is 32.2 Å². The largest absolute Gasteiger partial charge is 0.350 e. The number of para-hydroxylation sites is 1. The molecule has 5 nitrogen and oxygen atoms in total.